The lowest BCUT2D eigenvalue weighted by atomic mass is 9.91. The van der Waals surface area contributed by atoms with Crippen molar-refractivity contribution >= 4 is 0 Å². The zero-order valence-electron chi connectivity index (χ0n) is 13.0. The summed E-state index contributed by atoms with van der Waals surface area (Å²) in [5.74, 6) is 0.263. The summed E-state index contributed by atoms with van der Waals surface area (Å²) in [6.45, 7) is 2.49. The van der Waals surface area contributed by atoms with Crippen molar-refractivity contribution in [2.75, 3.05) is 33.8 Å². The van der Waals surface area contributed by atoms with Gasteiger partial charge >= 0.3 is 6.18 Å². The van der Waals surface area contributed by atoms with Gasteiger partial charge in [-0.15, -0.1) is 0 Å². The molecule has 0 radical (unpaired) electrons. The minimum Gasteiger partial charge on any atom is -0.396 e. The highest BCUT2D eigenvalue weighted by molar-refractivity contribution is 5.24. The first-order chi connectivity index (χ1) is 10.3. The number of benzene rings is 1. The highest BCUT2D eigenvalue weighted by Gasteiger charge is 2.31. The molecule has 1 heterocycles. The van der Waals surface area contributed by atoms with Gasteiger partial charge in [0.2, 0.25) is 0 Å². The quantitative estimate of drug-likeness (QED) is 0.924. The van der Waals surface area contributed by atoms with E-state index in [4.69, 9.17) is 0 Å². The molecule has 0 aliphatic carbocycles. The Morgan fingerprint density at radius 1 is 1.23 bits per heavy atom. The molecule has 0 aromatic heterocycles. The van der Waals surface area contributed by atoms with E-state index in [-0.39, 0.29) is 18.6 Å². The maximum atomic E-state index is 12.6. The van der Waals surface area contributed by atoms with Gasteiger partial charge < -0.3 is 10.0 Å². The molecule has 0 spiro atoms. The number of rotatable bonds is 4. The molecule has 1 fully saturated rings. The van der Waals surface area contributed by atoms with Crippen LogP contribution in [0.15, 0.2) is 24.3 Å². The lowest BCUT2D eigenvalue weighted by molar-refractivity contribution is -0.137. The molecule has 6 heteroatoms. The minimum absolute atomic E-state index is 0.178. The number of likely N-dealkylation sites (N-methyl/N-ethyl adjacent to an activating group) is 1. The monoisotopic (exact) mass is 316 g/mol. The summed E-state index contributed by atoms with van der Waals surface area (Å²) < 4.78 is 37.7. The third-order valence-electron chi connectivity index (χ3n) is 4.39. The van der Waals surface area contributed by atoms with Crippen LogP contribution in [0, 0.1) is 5.92 Å². The van der Waals surface area contributed by atoms with E-state index in [0.717, 1.165) is 37.2 Å². The molecule has 1 aliphatic rings. The average Bonchev–Trinajstić information content (AvgIpc) is 2.46. The lowest BCUT2D eigenvalue weighted by Gasteiger charge is -2.41. The van der Waals surface area contributed by atoms with Gasteiger partial charge in [0.15, 0.2) is 0 Å². The van der Waals surface area contributed by atoms with E-state index in [1.165, 1.54) is 0 Å². The van der Waals surface area contributed by atoms with E-state index < -0.39 is 11.7 Å². The fourth-order valence-corrected chi connectivity index (χ4v) is 3.04. The van der Waals surface area contributed by atoms with Crippen LogP contribution in [0.3, 0.4) is 0 Å². The number of likely N-dealkylation sites (tertiary alicyclic amines) is 1. The highest BCUT2D eigenvalue weighted by atomic mass is 19.4. The van der Waals surface area contributed by atoms with E-state index >= 15 is 0 Å². The van der Waals surface area contributed by atoms with Gasteiger partial charge in [0.1, 0.15) is 0 Å². The van der Waals surface area contributed by atoms with Gasteiger partial charge in [-0.05, 0) is 50.7 Å². The van der Waals surface area contributed by atoms with Crippen LogP contribution < -0.4 is 0 Å². The molecule has 0 saturated carbocycles. The van der Waals surface area contributed by atoms with E-state index in [0.29, 0.717) is 6.54 Å². The Morgan fingerprint density at radius 3 is 2.36 bits per heavy atom. The third kappa shape index (κ3) is 4.21. The first-order valence-corrected chi connectivity index (χ1v) is 7.47. The number of nitrogens with zero attached hydrogens (tertiary/aromatic N) is 2. The summed E-state index contributed by atoms with van der Waals surface area (Å²) in [6.07, 6.45) is -3.38. The summed E-state index contributed by atoms with van der Waals surface area (Å²) in [6, 6.07) is 5.64. The van der Waals surface area contributed by atoms with Crippen molar-refractivity contribution in [3.63, 3.8) is 0 Å². The number of alkyl halides is 3. The van der Waals surface area contributed by atoms with Crippen LogP contribution in [0.1, 0.15) is 17.5 Å². The minimum atomic E-state index is -4.28. The van der Waals surface area contributed by atoms with E-state index in [9.17, 15) is 18.3 Å². The van der Waals surface area contributed by atoms with Gasteiger partial charge in [0.05, 0.1) is 5.56 Å². The summed E-state index contributed by atoms with van der Waals surface area (Å²) >= 11 is 0. The first kappa shape index (κ1) is 17.2. The molecule has 1 N–H and O–H groups in total. The molecular formula is C16H23F3N2O. The van der Waals surface area contributed by atoms with Crippen LogP contribution in [-0.2, 0) is 12.7 Å². The zero-order chi connectivity index (χ0) is 16.3. The Hall–Kier alpha value is -1.11. The molecule has 0 unspecified atom stereocenters. The van der Waals surface area contributed by atoms with Crippen molar-refractivity contribution in [1.82, 2.24) is 9.80 Å². The highest BCUT2D eigenvalue weighted by Crippen LogP contribution is 2.29. The average molecular weight is 316 g/mol. The molecule has 3 nitrogen and oxygen atoms in total. The van der Waals surface area contributed by atoms with Gasteiger partial charge in [0, 0.05) is 25.7 Å². The summed E-state index contributed by atoms with van der Waals surface area (Å²) in [5, 5.41) is 9.44. The maximum Gasteiger partial charge on any atom is 0.416 e. The van der Waals surface area contributed by atoms with Gasteiger partial charge in [0.25, 0.3) is 0 Å². The van der Waals surface area contributed by atoms with Crippen LogP contribution in [0.2, 0.25) is 0 Å². The van der Waals surface area contributed by atoms with Crippen LogP contribution in [0.4, 0.5) is 13.2 Å². The van der Waals surface area contributed by atoms with Gasteiger partial charge in [-0.2, -0.15) is 13.2 Å². The van der Waals surface area contributed by atoms with Crippen molar-refractivity contribution < 1.29 is 18.3 Å². The maximum absolute atomic E-state index is 12.6. The normalized spacial score (nSPS) is 24.0. The number of hydrogen-bond donors (Lipinski definition) is 1. The molecule has 22 heavy (non-hydrogen) atoms. The van der Waals surface area contributed by atoms with Gasteiger partial charge in [-0.1, -0.05) is 12.1 Å². The Labute approximate surface area is 129 Å². The van der Waals surface area contributed by atoms with Crippen LogP contribution in [0.25, 0.3) is 0 Å². The lowest BCUT2D eigenvalue weighted by Crippen LogP contribution is -2.51. The number of aliphatic hydroxyl groups is 1. The molecule has 1 aromatic rings. The van der Waals surface area contributed by atoms with Crippen molar-refractivity contribution in [1.29, 1.82) is 0 Å². The van der Waals surface area contributed by atoms with Crippen LogP contribution >= 0.6 is 0 Å². The van der Waals surface area contributed by atoms with Crippen LogP contribution in [-0.4, -0.2) is 54.7 Å². The first-order valence-electron chi connectivity index (χ1n) is 7.47. The van der Waals surface area contributed by atoms with E-state index in [1.807, 2.05) is 14.1 Å². The molecule has 0 amide bonds. The second kappa shape index (κ2) is 6.98. The molecule has 124 valence electrons. The third-order valence-corrected chi connectivity index (χ3v) is 4.39. The number of hydrogen-bond acceptors (Lipinski definition) is 3. The largest absolute Gasteiger partial charge is 0.416 e. The van der Waals surface area contributed by atoms with E-state index in [2.05, 4.69) is 9.80 Å². The van der Waals surface area contributed by atoms with Gasteiger partial charge in [-0.25, -0.2) is 0 Å². The Morgan fingerprint density at radius 2 is 1.86 bits per heavy atom. The van der Waals surface area contributed by atoms with Crippen LogP contribution in [0.5, 0.6) is 0 Å². The number of halogens is 3. The standard InChI is InChI=1S/C16H23F3N2O/c1-20(2)15-10-21(8-7-13(15)11-22)9-12-3-5-14(6-4-12)16(17,18)19/h3-6,13,15,22H,7-11H2,1-2H3/t13-,15-/m1/s1. The molecule has 1 aromatic carbocycles. The second-order valence-electron chi connectivity index (χ2n) is 6.19. The molecule has 2 atom stereocenters. The topological polar surface area (TPSA) is 26.7 Å². The molecule has 2 rings (SSSR count). The van der Waals surface area contributed by atoms with Crippen molar-refractivity contribution in [2.45, 2.75) is 25.2 Å². The zero-order valence-corrected chi connectivity index (χ0v) is 13.0. The second-order valence-corrected chi connectivity index (χ2v) is 6.19. The Balaban J connectivity index is 1.99. The summed E-state index contributed by atoms with van der Waals surface area (Å²) in [5.41, 5.74) is 0.273. The van der Waals surface area contributed by atoms with Crippen molar-refractivity contribution in [3.8, 4) is 0 Å². The molecule has 0 bridgehead atoms. The van der Waals surface area contributed by atoms with Gasteiger partial charge in [-0.3, -0.25) is 4.90 Å². The number of piperidine rings is 1. The number of aliphatic hydroxyl groups excluding tert-OH is 1. The predicted molar refractivity (Wildman–Crippen MR) is 79.4 cm³/mol. The predicted octanol–water partition coefficient (Wildman–Crippen LogP) is 2.45. The molecule has 1 saturated heterocycles. The molecular weight excluding hydrogens is 293 g/mol. The fourth-order valence-electron chi connectivity index (χ4n) is 3.04. The summed E-state index contributed by atoms with van der Waals surface area (Å²) in [7, 11) is 3.99. The Bertz CT molecular complexity index is 473. The SMILES string of the molecule is CN(C)[C@@H]1CN(Cc2ccc(C(F)(F)F)cc2)CC[C@@H]1CO. The Kier molecular flexibility index (Phi) is 5.47. The van der Waals surface area contributed by atoms with E-state index in [1.54, 1.807) is 12.1 Å². The molecule has 1 aliphatic heterocycles. The van der Waals surface area contributed by atoms with Crippen molar-refractivity contribution in [3.05, 3.63) is 35.4 Å². The van der Waals surface area contributed by atoms with Crippen molar-refractivity contribution in [2.24, 2.45) is 5.92 Å². The smallest absolute Gasteiger partial charge is 0.396 e. The summed E-state index contributed by atoms with van der Waals surface area (Å²) in [4.78, 5) is 4.35. The fraction of sp³-hybridized carbons (Fsp3) is 0.625.